The van der Waals surface area contributed by atoms with Crippen molar-refractivity contribution in [2.75, 3.05) is 0 Å². The second-order valence-electron chi connectivity index (χ2n) is 4.57. The number of carbonyl (C=O) groups is 1. The number of nitrogens with zero attached hydrogens (tertiary/aromatic N) is 2. The minimum atomic E-state index is -1.17. The van der Waals surface area contributed by atoms with E-state index in [0.717, 1.165) is 0 Å². The van der Waals surface area contributed by atoms with Gasteiger partial charge in [-0.1, -0.05) is 0 Å². The summed E-state index contributed by atoms with van der Waals surface area (Å²) in [7, 11) is 0. The van der Waals surface area contributed by atoms with Crippen molar-refractivity contribution in [2.45, 2.75) is 6.61 Å². The number of carboxylic acids is 1. The zero-order valence-electron chi connectivity index (χ0n) is 11.2. The van der Waals surface area contributed by atoms with Crippen LogP contribution in [0.3, 0.4) is 0 Å². The van der Waals surface area contributed by atoms with Gasteiger partial charge in [0.1, 0.15) is 23.9 Å². The molecular formula is C15H11FN2O4. The molecule has 2 heterocycles. The number of aromatic carboxylic acids is 1. The monoisotopic (exact) mass is 302 g/mol. The fourth-order valence-electron chi connectivity index (χ4n) is 2.07. The SMILES string of the molecule is O=C(O)c1nc(COc2ccc(F)cc2)n2cc(O)ccc12. The molecule has 6 nitrogen and oxygen atoms in total. The van der Waals surface area contributed by atoms with Crippen LogP contribution in [0.5, 0.6) is 11.5 Å². The van der Waals surface area contributed by atoms with E-state index in [0.29, 0.717) is 17.1 Å². The van der Waals surface area contributed by atoms with E-state index in [4.69, 9.17) is 9.84 Å². The van der Waals surface area contributed by atoms with Crippen LogP contribution in [0.4, 0.5) is 4.39 Å². The number of benzene rings is 1. The van der Waals surface area contributed by atoms with Crippen LogP contribution in [0.1, 0.15) is 16.3 Å². The molecule has 0 aliphatic heterocycles. The van der Waals surface area contributed by atoms with Gasteiger partial charge >= 0.3 is 5.97 Å². The number of carboxylic acid groups (broad SMARTS) is 1. The maximum Gasteiger partial charge on any atom is 0.356 e. The number of hydrogen-bond acceptors (Lipinski definition) is 4. The molecule has 7 heteroatoms. The van der Waals surface area contributed by atoms with Crippen LogP contribution >= 0.6 is 0 Å². The van der Waals surface area contributed by atoms with Gasteiger partial charge in [-0.25, -0.2) is 14.2 Å². The molecular weight excluding hydrogens is 291 g/mol. The lowest BCUT2D eigenvalue weighted by atomic mass is 10.3. The normalized spacial score (nSPS) is 10.8. The zero-order chi connectivity index (χ0) is 15.7. The van der Waals surface area contributed by atoms with Crippen LogP contribution in [0.25, 0.3) is 5.52 Å². The molecule has 22 heavy (non-hydrogen) atoms. The maximum absolute atomic E-state index is 12.8. The van der Waals surface area contributed by atoms with Crippen molar-refractivity contribution in [3.8, 4) is 11.5 Å². The van der Waals surface area contributed by atoms with Gasteiger partial charge in [-0.15, -0.1) is 0 Å². The van der Waals surface area contributed by atoms with Crippen LogP contribution in [0.15, 0.2) is 42.6 Å². The average Bonchev–Trinajstić information content (AvgIpc) is 2.85. The smallest absolute Gasteiger partial charge is 0.356 e. The largest absolute Gasteiger partial charge is 0.506 e. The van der Waals surface area contributed by atoms with E-state index in [2.05, 4.69) is 4.98 Å². The summed E-state index contributed by atoms with van der Waals surface area (Å²) in [5.74, 6) is -0.833. The fraction of sp³-hybridized carbons (Fsp3) is 0.0667. The number of aromatic hydroxyl groups is 1. The van der Waals surface area contributed by atoms with Crippen molar-refractivity contribution in [2.24, 2.45) is 0 Å². The molecule has 3 rings (SSSR count). The number of halogens is 1. The molecule has 2 aromatic heterocycles. The number of fused-ring (bicyclic) bond motifs is 1. The highest BCUT2D eigenvalue weighted by Crippen LogP contribution is 2.20. The lowest BCUT2D eigenvalue weighted by Gasteiger charge is -2.05. The fourth-order valence-corrected chi connectivity index (χ4v) is 2.07. The van der Waals surface area contributed by atoms with Crippen LogP contribution < -0.4 is 4.74 Å². The number of pyridine rings is 1. The van der Waals surface area contributed by atoms with Crippen LogP contribution in [-0.4, -0.2) is 25.6 Å². The van der Waals surface area contributed by atoms with Gasteiger partial charge in [0.25, 0.3) is 0 Å². The Morgan fingerprint density at radius 1 is 1.23 bits per heavy atom. The van der Waals surface area contributed by atoms with E-state index in [9.17, 15) is 14.3 Å². The summed E-state index contributed by atoms with van der Waals surface area (Å²) in [6, 6.07) is 8.28. The first-order chi connectivity index (χ1) is 10.5. The van der Waals surface area contributed by atoms with Crippen molar-refractivity contribution in [1.29, 1.82) is 0 Å². The molecule has 0 aliphatic carbocycles. The first-order valence-electron chi connectivity index (χ1n) is 6.36. The molecule has 0 amide bonds. The van der Waals surface area contributed by atoms with Crippen LogP contribution in [0.2, 0.25) is 0 Å². The Morgan fingerprint density at radius 3 is 2.64 bits per heavy atom. The predicted octanol–water partition coefficient (Wildman–Crippen LogP) is 2.46. The summed E-state index contributed by atoms with van der Waals surface area (Å²) in [6.07, 6.45) is 1.36. The summed E-state index contributed by atoms with van der Waals surface area (Å²) >= 11 is 0. The minimum Gasteiger partial charge on any atom is -0.506 e. The average molecular weight is 302 g/mol. The lowest BCUT2D eigenvalue weighted by molar-refractivity contribution is 0.0693. The Balaban J connectivity index is 1.94. The molecule has 0 spiro atoms. The van der Waals surface area contributed by atoms with E-state index in [1.807, 2.05) is 0 Å². The first-order valence-corrected chi connectivity index (χ1v) is 6.36. The van der Waals surface area contributed by atoms with Gasteiger partial charge in [-0.2, -0.15) is 0 Å². The maximum atomic E-state index is 12.8. The van der Waals surface area contributed by atoms with Crippen LogP contribution in [-0.2, 0) is 6.61 Å². The van der Waals surface area contributed by atoms with Gasteiger partial charge in [-0.3, -0.25) is 4.40 Å². The zero-order valence-corrected chi connectivity index (χ0v) is 11.2. The number of hydrogen-bond donors (Lipinski definition) is 2. The lowest BCUT2D eigenvalue weighted by Crippen LogP contribution is -2.01. The third-order valence-electron chi connectivity index (χ3n) is 3.08. The van der Waals surface area contributed by atoms with Gasteiger partial charge in [0, 0.05) is 0 Å². The third-order valence-corrected chi connectivity index (χ3v) is 3.08. The van der Waals surface area contributed by atoms with Crippen molar-refractivity contribution >= 4 is 11.5 Å². The molecule has 0 saturated heterocycles. The highest BCUT2D eigenvalue weighted by atomic mass is 19.1. The minimum absolute atomic E-state index is 0.0233. The summed E-state index contributed by atoms with van der Waals surface area (Å²) < 4.78 is 19.7. The molecule has 3 aromatic rings. The van der Waals surface area contributed by atoms with E-state index < -0.39 is 5.97 Å². The Labute approximate surface area is 124 Å². The second-order valence-corrected chi connectivity index (χ2v) is 4.57. The number of rotatable bonds is 4. The molecule has 0 atom stereocenters. The third kappa shape index (κ3) is 2.56. The molecule has 2 N–H and O–H groups in total. The predicted molar refractivity (Wildman–Crippen MR) is 74.5 cm³/mol. The summed E-state index contributed by atoms with van der Waals surface area (Å²) in [5, 5.41) is 18.7. The Morgan fingerprint density at radius 2 is 1.95 bits per heavy atom. The topological polar surface area (TPSA) is 84.1 Å². The van der Waals surface area contributed by atoms with Gasteiger partial charge < -0.3 is 14.9 Å². The van der Waals surface area contributed by atoms with Gasteiger partial charge in [0.15, 0.2) is 11.5 Å². The second kappa shape index (κ2) is 5.36. The Hall–Kier alpha value is -3.09. The number of imidazole rings is 1. The standard InChI is InChI=1S/C15H11FN2O4/c16-9-1-4-11(5-2-9)22-8-13-17-14(15(20)21)12-6-3-10(19)7-18(12)13/h1-7,19H,8H2,(H,20,21). The summed E-state index contributed by atoms with van der Waals surface area (Å²) in [6.45, 7) is -0.0243. The molecule has 0 aliphatic rings. The van der Waals surface area contributed by atoms with Gasteiger partial charge in [0.05, 0.1) is 11.7 Å². The quantitative estimate of drug-likeness (QED) is 0.773. The van der Waals surface area contributed by atoms with E-state index >= 15 is 0 Å². The number of ether oxygens (including phenoxy) is 1. The van der Waals surface area contributed by atoms with E-state index in [1.165, 1.54) is 47.0 Å². The molecule has 112 valence electrons. The van der Waals surface area contributed by atoms with Crippen molar-refractivity contribution in [3.05, 3.63) is 59.9 Å². The van der Waals surface area contributed by atoms with Crippen molar-refractivity contribution < 1.29 is 24.1 Å². The highest BCUT2D eigenvalue weighted by molar-refractivity contribution is 5.93. The van der Waals surface area contributed by atoms with E-state index in [-0.39, 0.29) is 23.9 Å². The van der Waals surface area contributed by atoms with Crippen LogP contribution in [0, 0.1) is 5.82 Å². The number of aromatic nitrogens is 2. The summed E-state index contributed by atoms with van der Waals surface area (Å²) in [4.78, 5) is 15.2. The molecule has 0 radical (unpaired) electrons. The molecule has 0 unspecified atom stereocenters. The van der Waals surface area contributed by atoms with Gasteiger partial charge in [0.2, 0.25) is 0 Å². The molecule has 0 fully saturated rings. The van der Waals surface area contributed by atoms with E-state index in [1.54, 1.807) is 0 Å². The molecule has 0 bridgehead atoms. The molecule has 1 aromatic carbocycles. The Kier molecular flexibility index (Phi) is 3.38. The van der Waals surface area contributed by atoms with Gasteiger partial charge in [-0.05, 0) is 36.4 Å². The van der Waals surface area contributed by atoms with Crippen molar-refractivity contribution in [1.82, 2.24) is 9.38 Å². The first kappa shape index (κ1) is 13.9. The highest BCUT2D eigenvalue weighted by Gasteiger charge is 2.17. The summed E-state index contributed by atoms with van der Waals surface area (Å²) in [5.41, 5.74) is 0.223. The van der Waals surface area contributed by atoms with Crippen molar-refractivity contribution in [3.63, 3.8) is 0 Å². The Bertz CT molecular complexity index is 843. The molecule has 0 saturated carbocycles.